The molecule has 8 heteroatoms. The number of hydrogen-bond acceptors (Lipinski definition) is 4. The molecule has 1 heterocycles. The summed E-state index contributed by atoms with van der Waals surface area (Å²) in [7, 11) is -0.301. The summed E-state index contributed by atoms with van der Waals surface area (Å²) < 4.78 is 34.0. The van der Waals surface area contributed by atoms with E-state index in [1.807, 2.05) is 36.2 Å². The van der Waals surface area contributed by atoms with Crippen LogP contribution in [0, 0.1) is 0 Å². The standard InChI is InChI=1S/C21H25N3O4S/c1-24-15-3-4-20(24)23-29(26,27)19-12-8-17(9-13-19)22-21(25)14-7-16-5-10-18(28-2)11-6-16/h5-6,8-13H,3-4,7,14-15H2,1-2H3,(H,22,25)/b23-20+. The SMILES string of the molecule is COc1ccc(CCC(=O)Nc2ccc(S(=O)(=O)/N=C3\CCCN3C)cc2)cc1. The van der Waals surface area contributed by atoms with Crippen LogP contribution in [0.15, 0.2) is 57.8 Å². The zero-order valence-corrected chi connectivity index (χ0v) is 17.4. The van der Waals surface area contributed by atoms with E-state index in [-0.39, 0.29) is 10.8 Å². The number of anilines is 1. The molecule has 0 unspecified atom stereocenters. The first kappa shape index (κ1) is 20.9. The van der Waals surface area contributed by atoms with Crippen molar-refractivity contribution < 1.29 is 17.9 Å². The van der Waals surface area contributed by atoms with Crippen molar-refractivity contribution in [3.8, 4) is 5.75 Å². The van der Waals surface area contributed by atoms with E-state index in [0.717, 1.165) is 24.3 Å². The Labute approximate surface area is 171 Å². The molecule has 0 aliphatic carbocycles. The molecule has 1 saturated heterocycles. The summed E-state index contributed by atoms with van der Waals surface area (Å²) in [6, 6.07) is 13.7. The van der Waals surface area contributed by atoms with Crippen LogP contribution in [0.1, 0.15) is 24.8 Å². The van der Waals surface area contributed by atoms with E-state index in [1.165, 1.54) is 12.1 Å². The van der Waals surface area contributed by atoms with Crippen molar-refractivity contribution in [1.29, 1.82) is 0 Å². The van der Waals surface area contributed by atoms with Crippen LogP contribution in [-0.4, -0.2) is 45.8 Å². The molecule has 1 amide bonds. The molecule has 0 radical (unpaired) electrons. The van der Waals surface area contributed by atoms with E-state index in [0.29, 0.717) is 30.8 Å². The third-order valence-corrected chi connectivity index (χ3v) is 6.11. The number of rotatable bonds is 7. The second-order valence-corrected chi connectivity index (χ2v) is 8.53. The fourth-order valence-electron chi connectivity index (χ4n) is 3.08. The number of nitrogens with one attached hydrogen (secondary N) is 1. The van der Waals surface area contributed by atoms with Gasteiger partial charge in [-0.15, -0.1) is 4.40 Å². The van der Waals surface area contributed by atoms with Crippen LogP contribution in [0.25, 0.3) is 0 Å². The molecular formula is C21H25N3O4S. The summed E-state index contributed by atoms with van der Waals surface area (Å²) in [5, 5.41) is 2.79. The number of sulfonamides is 1. The van der Waals surface area contributed by atoms with Crippen LogP contribution in [0.3, 0.4) is 0 Å². The lowest BCUT2D eigenvalue weighted by atomic mass is 10.1. The summed E-state index contributed by atoms with van der Waals surface area (Å²) in [5.74, 6) is 1.23. The summed E-state index contributed by atoms with van der Waals surface area (Å²) in [6.07, 6.45) is 2.50. The number of carbonyl (C=O) groups is 1. The molecule has 0 spiro atoms. The molecule has 1 N–H and O–H groups in total. The highest BCUT2D eigenvalue weighted by Crippen LogP contribution is 2.19. The largest absolute Gasteiger partial charge is 0.497 e. The smallest absolute Gasteiger partial charge is 0.283 e. The van der Waals surface area contributed by atoms with E-state index in [2.05, 4.69) is 9.71 Å². The first-order valence-electron chi connectivity index (χ1n) is 9.45. The Balaban J connectivity index is 1.57. The molecule has 1 fully saturated rings. The average molecular weight is 416 g/mol. The highest BCUT2D eigenvalue weighted by molar-refractivity contribution is 7.90. The second kappa shape index (κ2) is 9.09. The minimum Gasteiger partial charge on any atom is -0.497 e. The maximum Gasteiger partial charge on any atom is 0.283 e. The van der Waals surface area contributed by atoms with Gasteiger partial charge in [0.1, 0.15) is 11.6 Å². The van der Waals surface area contributed by atoms with Gasteiger partial charge in [0, 0.05) is 32.1 Å². The number of hydrogen-bond donors (Lipinski definition) is 1. The zero-order valence-electron chi connectivity index (χ0n) is 16.6. The predicted molar refractivity (Wildman–Crippen MR) is 113 cm³/mol. The first-order chi connectivity index (χ1) is 13.9. The van der Waals surface area contributed by atoms with Crippen molar-refractivity contribution in [3.05, 3.63) is 54.1 Å². The summed E-state index contributed by atoms with van der Waals surface area (Å²) in [5.41, 5.74) is 1.59. The molecule has 0 saturated carbocycles. The number of nitrogens with zero attached hydrogens (tertiary/aromatic N) is 2. The molecule has 0 atom stereocenters. The Morgan fingerprint density at radius 3 is 2.41 bits per heavy atom. The van der Waals surface area contributed by atoms with Gasteiger partial charge in [0.25, 0.3) is 10.0 Å². The number of carbonyl (C=O) groups excluding carboxylic acids is 1. The monoisotopic (exact) mass is 415 g/mol. The van der Waals surface area contributed by atoms with E-state index in [4.69, 9.17) is 4.74 Å². The molecule has 2 aromatic carbocycles. The molecular weight excluding hydrogens is 390 g/mol. The fraction of sp³-hybridized carbons (Fsp3) is 0.333. The Morgan fingerprint density at radius 1 is 1.14 bits per heavy atom. The van der Waals surface area contributed by atoms with Crippen molar-refractivity contribution >= 4 is 27.5 Å². The number of ether oxygens (including phenoxy) is 1. The van der Waals surface area contributed by atoms with Gasteiger partial charge in [0.2, 0.25) is 5.91 Å². The maximum absolute atomic E-state index is 12.5. The third-order valence-electron chi connectivity index (χ3n) is 4.80. The van der Waals surface area contributed by atoms with Crippen molar-refractivity contribution in [2.45, 2.75) is 30.6 Å². The molecule has 1 aliphatic rings. The van der Waals surface area contributed by atoms with Gasteiger partial charge in [-0.3, -0.25) is 4.79 Å². The van der Waals surface area contributed by atoms with Crippen LogP contribution in [0.4, 0.5) is 5.69 Å². The summed E-state index contributed by atoms with van der Waals surface area (Å²) >= 11 is 0. The van der Waals surface area contributed by atoms with Crippen molar-refractivity contribution in [3.63, 3.8) is 0 Å². The summed E-state index contributed by atoms with van der Waals surface area (Å²) in [4.78, 5) is 14.1. The zero-order chi connectivity index (χ0) is 20.9. The van der Waals surface area contributed by atoms with Gasteiger partial charge in [0.05, 0.1) is 12.0 Å². The normalized spacial score (nSPS) is 15.5. The van der Waals surface area contributed by atoms with E-state index < -0.39 is 10.0 Å². The van der Waals surface area contributed by atoms with Gasteiger partial charge in [-0.05, 0) is 54.8 Å². The van der Waals surface area contributed by atoms with Crippen molar-refractivity contribution in [2.75, 3.05) is 26.0 Å². The van der Waals surface area contributed by atoms with E-state index >= 15 is 0 Å². The topological polar surface area (TPSA) is 88.1 Å². The number of aryl methyl sites for hydroxylation is 1. The number of amides is 1. The van der Waals surface area contributed by atoms with Crippen molar-refractivity contribution in [1.82, 2.24) is 4.90 Å². The lowest BCUT2D eigenvalue weighted by Gasteiger charge is -2.11. The number of likely N-dealkylation sites (tertiary alicyclic amines) is 1. The van der Waals surface area contributed by atoms with E-state index in [9.17, 15) is 13.2 Å². The number of methoxy groups -OCH3 is 1. The molecule has 3 rings (SSSR count). The minimum absolute atomic E-state index is 0.113. The first-order valence-corrected chi connectivity index (χ1v) is 10.9. The maximum atomic E-state index is 12.5. The van der Waals surface area contributed by atoms with Crippen molar-refractivity contribution in [2.24, 2.45) is 4.40 Å². The lowest BCUT2D eigenvalue weighted by molar-refractivity contribution is -0.116. The highest BCUT2D eigenvalue weighted by Gasteiger charge is 2.20. The molecule has 0 bridgehead atoms. The Hall–Kier alpha value is -2.87. The van der Waals surface area contributed by atoms with Gasteiger partial charge >= 0.3 is 0 Å². The van der Waals surface area contributed by atoms with Gasteiger partial charge in [-0.1, -0.05) is 12.1 Å². The Kier molecular flexibility index (Phi) is 6.53. The summed E-state index contributed by atoms with van der Waals surface area (Å²) in [6.45, 7) is 0.815. The molecule has 154 valence electrons. The number of benzene rings is 2. The van der Waals surface area contributed by atoms with Gasteiger partial charge < -0.3 is 15.0 Å². The second-order valence-electron chi connectivity index (χ2n) is 6.93. The van der Waals surface area contributed by atoms with Gasteiger partial charge in [0.15, 0.2) is 0 Å². The molecule has 2 aromatic rings. The molecule has 0 aromatic heterocycles. The molecule has 29 heavy (non-hydrogen) atoms. The Bertz CT molecular complexity index is 984. The van der Waals surface area contributed by atoms with Crippen LogP contribution >= 0.6 is 0 Å². The number of amidine groups is 1. The quantitative estimate of drug-likeness (QED) is 0.751. The van der Waals surface area contributed by atoms with Crippen LogP contribution in [-0.2, 0) is 21.2 Å². The predicted octanol–water partition coefficient (Wildman–Crippen LogP) is 3.08. The van der Waals surface area contributed by atoms with Crippen LogP contribution in [0.5, 0.6) is 5.75 Å². The van der Waals surface area contributed by atoms with Gasteiger partial charge in [-0.25, -0.2) is 0 Å². The third kappa shape index (κ3) is 5.57. The highest BCUT2D eigenvalue weighted by atomic mass is 32.2. The Morgan fingerprint density at radius 2 is 1.83 bits per heavy atom. The molecule has 1 aliphatic heterocycles. The molecule has 7 nitrogen and oxygen atoms in total. The van der Waals surface area contributed by atoms with Gasteiger partial charge in [-0.2, -0.15) is 8.42 Å². The van der Waals surface area contributed by atoms with E-state index in [1.54, 1.807) is 19.2 Å². The average Bonchev–Trinajstić information content (AvgIpc) is 3.11. The minimum atomic E-state index is -3.75. The fourth-order valence-corrected chi connectivity index (χ4v) is 4.18. The van der Waals surface area contributed by atoms with Crippen LogP contribution < -0.4 is 10.1 Å². The van der Waals surface area contributed by atoms with Crippen LogP contribution in [0.2, 0.25) is 0 Å². The lowest BCUT2D eigenvalue weighted by Crippen LogP contribution is -2.20.